The lowest BCUT2D eigenvalue weighted by Gasteiger charge is -2.38. The molecule has 2 aliphatic carbocycles. The van der Waals surface area contributed by atoms with Crippen molar-refractivity contribution >= 4 is 28.2 Å². The third kappa shape index (κ3) is 5.23. The Bertz CT molecular complexity index is 1770. The van der Waals surface area contributed by atoms with Crippen LogP contribution >= 0.6 is 0 Å². The SMILES string of the molecule is Cc1c(-c2cc3cccc(C4CCN(C(=O)C5CC(O)C5)CC4)c3n2CC2CC2)nn2cc(C(=O)N3CCC[C@@H](N)C3)ccc12. The lowest BCUT2D eigenvalue weighted by Crippen LogP contribution is -2.46. The predicted molar refractivity (Wildman–Crippen MR) is 174 cm³/mol. The number of piperidine rings is 2. The Labute approximate surface area is 264 Å². The van der Waals surface area contributed by atoms with E-state index in [4.69, 9.17) is 10.8 Å². The highest BCUT2D eigenvalue weighted by Crippen LogP contribution is 2.41. The van der Waals surface area contributed by atoms with E-state index in [0.29, 0.717) is 36.8 Å². The number of aromatic nitrogens is 3. The molecule has 0 unspecified atom stereocenters. The van der Waals surface area contributed by atoms with E-state index in [1.807, 2.05) is 32.6 Å². The first-order valence-electron chi connectivity index (χ1n) is 17.0. The average Bonchev–Trinajstić information content (AvgIpc) is 3.71. The van der Waals surface area contributed by atoms with E-state index in [9.17, 15) is 14.7 Å². The minimum atomic E-state index is -0.303. The fourth-order valence-electron chi connectivity index (χ4n) is 8.01. The molecule has 9 nitrogen and oxygen atoms in total. The van der Waals surface area contributed by atoms with Gasteiger partial charge in [0.25, 0.3) is 5.91 Å². The highest BCUT2D eigenvalue weighted by atomic mass is 16.3. The number of hydrogen-bond donors (Lipinski definition) is 2. The van der Waals surface area contributed by atoms with Crippen molar-refractivity contribution in [1.29, 1.82) is 0 Å². The third-order valence-corrected chi connectivity index (χ3v) is 10.9. The number of amides is 2. The van der Waals surface area contributed by atoms with Crippen LogP contribution in [0.15, 0.2) is 42.6 Å². The van der Waals surface area contributed by atoms with Gasteiger partial charge in [0.05, 0.1) is 28.4 Å². The summed E-state index contributed by atoms with van der Waals surface area (Å²) in [6, 6.07) is 13.0. The van der Waals surface area contributed by atoms with Gasteiger partial charge in [-0.3, -0.25) is 9.59 Å². The summed E-state index contributed by atoms with van der Waals surface area (Å²) >= 11 is 0. The van der Waals surface area contributed by atoms with E-state index in [0.717, 1.165) is 74.3 Å². The van der Waals surface area contributed by atoms with Crippen molar-refractivity contribution in [2.75, 3.05) is 26.2 Å². The zero-order valence-corrected chi connectivity index (χ0v) is 26.2. The monoisotopic (exact) mass is 608 g/mol. The zero-order valence-electron chi connectivity index (χ0n) is 26.2. The van der Waals surface area contributed by atoms with Gasteiger partial charge in [0.15, 0.2) is 0 Å². The van der Waals surface area contributed by atoms with Crippen molar-refractivity contribution in [3.05, 3.63) is 59.3 Å². The fraction of sp³-hybridized carbons (Fsp3) is 0.528. The average molecular weight is 609 g/mol. The predicted octanol–water partition coefficient (Wildman–Crippen LogP) is 4.71. The maximum absolute atomic E-state index is 13.4. The molecule has 2 amide bonds. The number of carbonyl (C=O) groups excluding carboxylic acids is 2. The van der Waals surface area contributed by atoms with Gasteiger partial charge in [0, 0.05) is 61.8 Å². The van der Waals surface area contributed by atoms with Gasteiger partial charge < -0.3 is 25.2 Å². The highest BCUT2D eigenvalue weighted by Gasteiger charge is 2.37. The number of para-hydroxylation sites is 1. The Morgan fingerprint density at radius 2 is 1.80 bits per heavy atom. The van der Waals surface area contributed by atoms with Crippen molar-refractivity contribution < 1.29 is 14.7 Å². The maximum Gasteiger partial charge on any atom is 0.255 e. The van der Waals surface area contributed by atoms with E-state index < -0.39 is 0 Å². The van der Waals surface area contributed by atoms with Gasteiger partial charge in [0.1, 0.15) is 5.69 Å². The summed E-state index contributed by atoms with van der Waals surface area (Å²) in [5, 5.41) is 16.0. The van der Waals surface area contributed by atoms with E-state index in [1.165, 1.54) is 29.3 Å². The van der Waals surface area contributed by atoms with Gasteiger partial charge in [-0.25, -0.2) is 4.52 Å². The van der Waals surface area contributed by atoms with Crippen LogP contribution in [0.5, 0.6) is 0 Å². The van der Waals surface area contributed by atoms with Crippen molar-refractivity contribution in [2.45, 2.75) is 82.9 Å². The summed E-state index contributed by atoms with van der Waals surface area (Å²) in [6.07, 6.45) is 9.14. The number of fused-ring (bicyclic) bond motifs is 2. The number of aryl methyl sites for hydroxylation is 1. The molecule has 3 aromatic heterocycles. The summed E-state index contributed by atoms with van der Waals surface area (Å²) in [7, 11) is 0. The summed E-state index contributed by atoms with van der Waals surface area (Å²) in [5.41, 5.74) is 13.7. The molecule has 0 spiro atoms. The quantitative estimate of drug-likeness (QED) is 0.330. The molecule has 4 aromatic rings. The van der Waals surface area contributed by atoms with Crippen LogP contribution in [-0.2, 0) is 11.3 Å². The topological polar surface area (TPSA) is 109 Å². The molecule has 1 aromatic carbocycles. The Kier molecular flexibility index (Phi) is 7.21. The molecule has 4 fully saturated rings. The number of aliphatic hydroxyl groups is 1. The smallest absolute Gasteiger partial charge is 0.255 e. The largest absolute Gasteiger partial charge is 0.393 e. The number of rotatable bonds is 6. The van der Waals surface area contributed by atoms with E-state index in [-0.39, 0.29) is 29.9 Å². The Morgan fingerprint density at radius 1 is 1.00 bits per heavy atom. The van der Waals surface area contributed by atoms with E-state index in [1.54, 1.807) is 0 Å². The fourth-order valence-corrected chi connectivity index (χ4v) is 8.01. The third-order valence-electron chi connectivity index (χ3n) is 10.9. The van der Waals surface area contributed by atoms with Gasteiger partial charge in [-0.2, -0.15) is 5.10 Å². The Morgan fingerprint density at radius 3 is 2.53 bits per heavy atom. The Hall–Kier alpha value is -3.69. The molecule has 0 radical (unpaired) electrons. The van der Waals surface area contributed by atoms with Gasteiger partial charge in [-0.05, 0) is 93.9 Å². The molecule has 2 aliphatic heterocycles. The van der Waals surface area contributed by atoms with Gasteiger partial charge in [-0.1, -0.05) is 18.2 Å². The minimum Gasteiger partial charge on any atom is -0.393 e. The standard InChI is InChI=1S/C36H44N6O3/c1-22-31-10-9-26(35(44)40-13-3-5-28(37)21-40)20-42(31)38-33(22)32-18-25-4-2-6-30(34(25)41(32)19-23-7-8-23)24-11-14-39(15-12-24)36(45)27-16-29(43)17-27/h2,4,6,9-10,18,20,23-24,27-29,43H,3,5,7-8,11-17,19,21,37H2,1H3/t27?,28-,29?/m1/s1. The Balaban J connectivity index is 1.12. The number of aliphatic hydroxyl groups excluding tert-OH is 1. The molecular formula is C36H44N6O3. The molecule has 9 heteroatoms. The van der Waals surface area contributed by atoms with Crippen LogP contribution in [0.25, 0.3) is 27.8 Å². The maximum atomic E-state index is 13.4. The van der Waals surface area contributed by atoms with Crippen LogP contribution in [0.2, 0.25) is 0 Å². The van der Waals surface area contributed by atoms with Crippen LogP contribution in [0.4, 0.5) is 0 Å². The molecule has 5 heterocycles. The van der Waals surface area contributed by atoms with Crippen LogP contribution < -0.4 is 5.73 Å². The minimum absolute atomic E-state index is 0.00393. The van der Waals surface area contributed by atoms with Crippen molar-refractivity contribution in [3.8, 4) is 11.4 Å². The van der Waals surface area contributed by atoms with Crippen molar-refractivity contribution in [3.63, 3.8) is 0 Å². The lowest BCUT2D eigenvalue weighted by atomic mass is 9.80. The normalized spacial score (nSPS) is 24.4. The molecular weight excluding hydrogens is 564 g/mol. The van der Waals surface area contributed by atoms with Gasteiger partial charge in [0.2, 0.25) is 5.91 Å². The molecule has 45 heavy (non-hydrogen) atoms. The molecule has 3 N–H and O–H groups in total. The molecule has 1 atom stereocenters. The summed E-state index contributed by atoms with van der Waals surface area (Å²) in [4.78, 5) is 30.2. The summed E-state index contributed by atoms with van der Waals surface area (Å²) < 4.78 is 4.40. The second-order valence-electron chi connectivity index (χ2n) is 14.2. The van der Waals surface area contributed by atoms with Crippen molar-refractivity contribution in [2.24, 2.45) is 17.6 Å². The van der Waals surface area contributed by atoms with Crippen LogP contribution in [0, 0.1) is 18.8 Å². The van der Waals surface area contributed by atoms with Crippen molar-refractivity contribution in [1.82, 2.24) is 24.0 Å². The lowest BCUT2D eigenvalue weighted by molar-refractivity contribution is -0.143. The summed E-state index contributed by atoms with van der Waals surface area (Å²) in [5.74, 6) is 1.32. The second kappa shape index (κ2) is 11.3. The first kappa shape index (κ1) is 28.8. The van der Waals surface area contributed by atoms with Crippen LogP contribution in [0.3, 0.4) is 0 Å². The number of hydrogen-bond acceptors (Lipinski definition) is 5. The first-order chi connectivity index (χ1) is 21.8. The van der Waals surface area contributed by atoms with E-state index in [2.05, 4.69) is 35.8 Å². The molecule has 2 saturated carbocycles. The zero-order chi connectivity index (χ0) is 30.8. The number of pyridine rings is 1. The number of benzene rings is 1. The summed E-state index contributed by atoms with van der Waals surface area (Å²) in [6.45, 7) is 6.01. The number of nitrogens with two attached hydrogens (primary N) is 1. The second-order valence-corrected chi connectivity index (χ2v) is 14.2. The highest BCUT2D eigenvalue weighted by molar-refractivity contribution is 5.95. The molecule has 0 bridgehead atoms. The molecule has 2 saturated heterocycles. The number of carbonyl (C=O) groups is 2. The first-order valence-corrected chi connectivity index (χ1v) is 17.0. The van der Waals surface area contributed by atoms with E-state index >= 15 is 0 Å². The van der Waals surface area contributed by atoms with Gasteiger partial charge >= 0.3 is 0 Å². The van der Waals surface area contributed by atoms with Crippen LogP contribution in [0.1, 0.15) is 78.8 Å². The van der Waals surface area contributed by atoms with Gasteiger partial charge in [-0.15, -0.1) is 0 Å². The number of nitrogens with zero attached hydrogens (tertiary/aromatic N) is 5. The molecule has 8 rings (SSSR count). The number of likely N-dealkylation sites (tertiary alicyclic amines) is 2. The molecule has 236 valence electrons. The van der Waals surface area contributed by atoms with Crippen LogP contribution in [-0.4, -0.2) is 79.2 Å². The molecule has 4 aliphatic rings.